The molecule has 0 saturated carbocycles. The van der Waals surface area contributed by atoms with E-state index in [1.807, 2.05) is 13.8 Å². The van der Waals surface area contributed by atoms with Gasteiger partial charge in [0, 0.05) is 21.7 Å². The van der Waals surface area contributed by atoms with Gasteiger partial charge in [0.25, 0.3) is 0 Å². The van der Waals surface area contributed by atoms with Gasteiger partial charge >= 0.3 is 11.8 Å². The number of hydrogen-bond acceptors (Lipinski definition) is 4. The fraction of sp³-hybridized carbons (Fsp3) is 0.250. The molecule has 0 fully saturated rings. The average molecular weight is 422 g/mol. The number of benzene rings is 2. The zero-order valence-electron chi connectivity index (χ0n) is 15.5. The van der Waals surface area contributed by atoms with Crippen molar-refractivity contribution in [3.8, 4) is 5.75 Å². The number of halogens is 2. The van der Waals surface area contributed by atoms with E-state index in [1.165, 1.54) is 6.21 Å². The highest BCUT2D eigenvalue weighted by Crippen LogP contribution is 2.26. The van der Waals surface area contributed by atoms with Crippen molar-refractivity contribution < 1.29 is 14.3 Å². The van der Waals surface area contributed by atoms with E-state index in [0.717, 1.165) is 6.42 Å². The molecule has 6 nitrogen and oxygen atoms in total. The van der Waals surface area contributed by atoms with E-state index in [2.05, 4.69) is 15.8 Å². The number of nitrogens with one attached hydrogen (secondary N) is 2. The molecule has 2 amide bonds. The summed E-state index contributed by atoms with van der Waals surface area (Å²) in [6.45, 7) is 3.94. The van der Waals surface area contributed by atoms with E-state index in [4.69, 9.17) is 27.9 Å². The maximum atomic E-state index is 11.7. The topological polar surface area (TPSA) is 79.8 Å². The predicted octanol–water partition coefficient (Wildman–Crippen LogP) is 3.94. The van der Waals surface area contributed by atoms with Crippen LogP contribution in [0, 0.1) is 0 Å². The van der Waals surface area contributed by atoms with Crippen molar-refractivity contribution in [1.82, 2.24) is 10.7 Å². The van der Waals surface area contributed by atoms with Gasteiger partial charge < -0.3 is 10.1 Å². The Bertz CT molecular complexity index is 851. The van der Waals surface area contributed by atoms with Crippen LogP contribution >= 0.6 is 23.2 Å². The standard InChI is InChI=1S/C20H21Cl2N3O3/c1-3-13(2)24-19(26)20(27)25-23-11-14-6-4-7-15(10-14)28-12-16-17(21)8-5-9-18(16)22/h4-11,13H,3,12H2,1-2H3,(H,24,26)(H,25,27)/b23-11-/t13-/m1/s1. The van der Waals surface area contributed by atoms with Gasteiger partial charge in [0.05, 0.1) is 6.21 Å². The molecule has 2 aromatic carbocycles. The number of amides is 2. The van der Waals surface area contributed by atoms with Crippen LogP contribution in [0.5, 0.6) is 5.75 Å². The Morgan fingerprint density at radius 2 is 1.82 bits per heavy atom. The highest BCUT2D eigenvalue weighted by atomic mass is 35.5. The third kappa shape index (κ3) is 6.55. The van der Waals surface area contributed by atoms with Gasteiger partial charge in [0.1, 0.15) is 12.4 Å². The lowest BCUT2D eigenvalue weighted by Crippen LogP contribution is -2.41. The molecule has 0 aliphatic heterocycles. The minimum absolute atomic E-state index is 0.0809. The van der Waals surface area contributed by atoms with Crippen molar-refractivity contribution in [3.05, 3.63) is 63.6 Å². The molecule has 2 N–H and O–H groups in total. The van der Waals surface area contributed by atoms with Crippen molar-refractivity contribution in [1.29, 1.82) is 0 Å². The molecule has 0 radical (unpaired) electrons. The molecule has 0 heterocycles. The van der Waals surface area contributed by atoms with E-state index in [0.29, 0.717) is 26.9 Å². The Hall–Kier alpha value is -2.57. The number of carbonyl (C=O) groups is 2. The molecular formula is C20H21Cl2N3O3. The van der Waals surface area contributed by atoms with E-state index in [1.54, 1.807) is 42.5 Å². The monoisotopic (exact) mass is 421 g/mol. The highest BCUT2D eigenvalue weighted by Gasteiger charge is 2.14. The lowest BCUT2D eigenvalue weighted by Gasteiger charge is -2.10. The first-order valence-corrected chi connectivity index (χ1v) is 9.46. The van der Waals surface area contributed by atoms with Crippen molar-refractivity contribution in [2.75, 3.05) is 0 Å². The molecule has 1 atom stereocenters. The smallest absolute Gasteiger partial charge is 0.329 e. The van der Waals surface area contributed by atoms with Crippen molar-refractivity contribution in [2.45, 2.75) is 32.9 Å². The Morgan fingerprint density at radius 1 is 1.14 bits per heavy atom. The van der Waals surface area contributed by atoms with Gasteiger partial charge in [-0.1, -0.05) is 48.3 Å². The van der Waals surface area contributed by atoms with Gasteiger partial charge in [-0.3, -0.25) is 9.59 Å². The Kier molecular flexibility index (Phi) is 8.29. The fourth-order valence-corrected chi connectivity index (χ4v) is 2.62. The molecule has 148 valence electrons. The summed E-state index contributed by atoms with van der Waals surface area (Å²) in [6.07, 6.45) is 2.15. The van der Waals surface area contributed by atoms with Crippen molar-refractivity contribution in [3.63, 3.8) is 0 Å². The summed E-state index contributed by atoms with van der Waals surface area (Å²) >= 11 is 12.3. The lowest BCUT2D eigenvalue weighted by molar-refractivity contribution is -0.139. The van der Waals surface area contributed by atoms with Gasteiger partial charge in [-0.05, 0) is 43.2 Å². The third-order valence-corrected chi connectivity index (χ3v) is 4.59. The van der Waals surface area contributed by atoms with Crippen LogP contribution < -0.4 is 15.5 Å². The van der Waals surface area contributed by atoms with Crippen LogP contribution in [0.3, 0.4) is 0 Å². The zero-order chi connectivity index (χ0) is 20.5. The average Bonchev–Trinajstić information content (AvgIpc) is 2.67. The molecule has 2 aromatic rings. The van der Waals surface area contributed by atoms with E-state index < -0.39 is 11.8 Å². The third-order valence-electron chi connectivity index (χ3n) is 3.88. The number of carbonyl (C=O) groups excluding carboxylic acids is 2. The SMILES string of the molecule is CC[C@@H](C)NC(=O)C(=O)N/N=C\c1cccc(OCc2c(Cl)cccc2Cl)c1. The highest BCUT2D eigenvalue weighted by molar-refractivity contribution is 6.36. The van der Waals surface area contributed by atoms with Crippen LogP contribution in [-0.4, -0.2) is 24.1 Å². The molecule has 8 heteroatoms. The Labute approximate surface area is 173 Å². The largest absolute Gasteiger partial charge is 0.489 e. The number of rotatable bonds is 7. The first-order valence-electron chi connectivity index (χ1n) is 8.70. The van der Waals surface area contributed by atoms with Gasteiger partial charge in [-0.15, -0.1) is 0 Å². The molecule has 0 spiro atoms. The summed E-state index contributed by atoms with van der Waals surface area (Å²) in [6, 6.07) is 12.3. The maximum absolute atomic E-state index is 11.7. The van der Waals surface area contributed by atoms with Gasteiger partial charge in [0.15, 0.2) is 0 Å². The quantitative estimate of drug-likeness (QED) is 0.403. The second-order valence-electron chi connectivity index (χ2n) is 6.04. The molecule has 0 aliphatic carbocycles. The van der Waals surface area contributed by atoms with E-state index in [9.17, 15) is 9.59 Å². The number of ether oxygens (including phenoxy) is 1. The summed E-state index contributed by atoms with van der Waals surface area (Å²) in [5.74, 6) is -0.960. The molecule has 0 saturated heterocycles. The van der Waals surface area contributed by atoms with Crippen LogP contribution in [0.2, 0.25) is 10.0 Å². The summed E-state index contributed by atoms with van der Waals surface area (Å²) in [5.41, 5.74) is 3.58. The summed E-state index contributed by atoms with van der Waals surface area (Å²) in [4.78, 5) is 23.3. The first kappa shape index (κ1) is 21.7. The van der Waals surface area contributed by atoms with Gasteiger partial charge in [-0.25, -0.2) is 5.43 Å². The molecule has 28 heavy (non-hydrogen) atoms. The van der Waals surface area contributed by atoms with Crippen LogP contribution in [0.25, 0.3) is 0 Å². The van der Waals surface area contributed by atoms with E-state index in [-0.39, 0.29) is 12.6 Å². The van der Waals surface area contributed by atoms with Crippen molar-refractivity contribution >= 4 is 41.2 Å². The number of hydrazone groups is 1. The molecule has 2 rings (SSSR count). The van der Waals surface area contributed by atoms with Crippen LogP contribution in [0.4, 0.5) is 0 Å². The first-order chi connectivity index (χ1) is 13.4. The van der Waals surface area contributed by atoms with Gasteiger partial charge in [-0.2, -0.15) is 5.10 Å². The number of nitrogens with zero attached hydrogens (tertiary/aromatic N) is 1. The molecule has 0 bridgehead atoms. The number of hydrogen-bond donors (Lipinski definition) is 2. The fourth-order valence-electron chi connectivity index (χ4n) is 2.12. The normalized spacial score (nSPS) is 11.9. The Morgan fingerprint density at radius 3 is 2.50 bits per heavy atom. The molecule has 0 aromatic heterocycles. The van der Waals surface area contributed by atoms with Crippen LogP contribution in [0.1, 0.15) is 31.4 Å². The Balaban J connectivity index is 1.93. The predicted molar refractivity (Wildman–Crippen MR) is 111 cm³/mol. The maximum Gasteiger partial charge on any atom is 0.329 e. The lowest BCUT2D eigenvalue weighted by atomic mass is 10.2. The molecular weight excluding hydrogens is 401 g/mol. The van der Waals surface area contributed by atoms with Crippen LogP contribution in [0.15, 0.2) is 47.6 Å². The molecule has 0 aliphatic rings. The summed E-state index contributed by atoms with van der Waals surface area (Å²) in [7, 11) is 0. The summed E-state index contributed by atoms with van der Waals surface area (Å²) in [5, 5.41) is 7.42. The second-order valence-corrected chi connectivity index (χ2v) is 6.86. The summed E-state index contributed by atoms with van der Waals surface area (Å²) < 4.78 is 5.73. The van der Waals surface area contributed by atoms with Crippen LogP contribution in [-0.2, 0) is 16.2 Å². The van der Waals surface area contributed by atoms with E-state index >= 15 is 0 Å². The van der Waals surface area contributed by atoms with Crippen molar-refractivity contribution in [2.24, 2.45) is 5.10 Å². The second kappa shape index (κ2) is 10.7. The minimum Gasteiger partial charge on any atom is -0.489 e. The minimum atomic E-state index is -0.822. The zero-order valence-corrected chi connectivity index (χ0v) is 17.1. The molecule has 0 unspecified atom stereocenters. The van der Waals surface area contributed by atoms with Gasteiger partial charge in [0.2, 0.25) is 0 Å².